The van der Waals surface area contributed by atoms with Crippen molar-refractivity contribution < 1.29 is 67.7 Å². The van der Waals surface area contributed by atoms with Crippen LogP contribution in [0, 0.1) is 23.7 Å². The number of hydrogen-bond acceptors (Lipinski definition) is 18. The van der Waals surface area contributed by atoms with Gasteiger partial charge in [0, 0.05) is 24.6 Å². The van der Waals surface area contributed by atoms with E-state index < -0.39 is 156 Å². The van der Waals surface area contributed by atoms with Crippen molar-refractivity contribution in [1.29, 1.82) is 0 Å². The SMILES string of the molecule is CC[C@H](C)[C@H](NC(=O)[C@H](CSSC[C@H](NC(=O)[C@@H](N)Cc1ccccc1)C(=O)N[C@H](C(=O)NCC(=O)N[C@@H](CCCN=C(N)N)C(=O)N[C@@H](CC(C)C)C(=O)O)[C@@H](C)CC)NC(=O)[C@@H](N)Cc1ccccc1)C(=O)NCC(=O)N[C@@H](CCCN=C(N)N)C(=O)N[C@@H](CC(C)C)C(=O)O. The average molecular weight is 1410 g/mol. The highest BCUT2D eigenvalue weighted by Gasteiger charge is 2.35. The molecule has 0 fully saturated rings. The van der Waals surface area contributed by atoms with E-state index in [4.69, 9.17) is 34.4 Å². The zero-order valence-corrected chi connectivity index (χ0v) is 58.8. The molecule has 0 spiro atoms. The number of benzene rings is 2. The van der Waals surface area contributed by atoms with E-state index in [2.05, 4.69) is 63.2 Å². The summed E-state index contributed by atoms with van der Waals surface area (Å²) in [4.78, 5) is 171. The Morgan fingerprint density at radius 2 is 0.745 bits per heavy atom. The molecule has 0 saturated heterocycles. The smallest absolute Gasteiger partial charge is 0.326 e. The molecule has 2 rings (SSSR count). The van der Waals surface area contributed by atoms with Gasteiger partial charge in [0.2, 0.25) is 59.1 Å². The number of guanidine groups is 2. The van der Waals surface area contributed by atoms with Gasteiger partial charge in [0.05, 0.1) is 25.2 Å². The molecule has 0 unspecified atom stereocenters. The van der Waals surface area contributed by atoms with E-state index in [-0.39, 0.29) is 99.7 Å². The van der Waals surface area contributed by atoms with Gasteiger partial charge in [-0.25, -0.2) is 9.59 Å². The lowest BCUT2D eigenvalue weighted by Gasteiger charge is -2.28. The number of carboxylic acid groups (broad SMARTS) is 2. The van der Waals surface area contributed by atoms with Crippen molar-refractivity contribution in [3.05, 3.63) is 71.8 Å². The van der Waals surface area contributed by atoms with Crippen molar-refractivity contribution in [2.24, 2.45) is 68.1 Å². The highest BCUT2D eigenvalue weighted by molar-refractivity contribution is 8.76. The standard InChI is InChI=1S/C64H104N18O14S2/c1-9-37(7)51(59(91)73-31-49(83)75-43(23-17-25-71-63(67)68)55(87)77-45(61(93)94)27-35(3)4)81-57(89)47(79-53(85)41(65)29-39-19-13-11-14-20-39)33-97-98-34-48(80-54(86)42(66)30-40-21-15-12-16-22-40)58(90)82-52(38(8)10-2)60(92)74-32-50(84)76-44(24-18-26-72-64(69)70)56(88)78-46(62(95)96)28-36(5)6/h11-16,19-22,35-38,41-48,51-52H,9-10,17-18,23-34,65-66H2,1-8H3,(H,73,91)(H,74,92)(H,75,83)(H,76,84)(H,77,87)(H,78,88)(H,79,85)(H,80,86)(H,81,89)(H,82,90)(H,93,94)(H,95,96)(H4,67,68,71)(H4,69,70,72)/t37-,38-,41-,42-,43-,44-,45-,46-,47-,48-,51-,52-/m0/s1. The summed E-state index contributed by atoms with van der Waals surface area (Å²) in [5.74, 6) is -12.9. The van der Waals surface area contributed by atoms with E-state index in [1.165, 1.54) is 0 Å². The molecule has 98 heavy (non-hydrogen) atoms. The predicted molar refractivity (Wildman–Crippen MR) is 376 cm³/mol. The first-order valence-corrected chi connectivity index (χ1v) is 35.1. The summed E-state index contributed by atoms with van der Waals surface area (Å²) in [6.45, 7) is 12.7. The van der Waals surface area contributed by atoms with Gasteiger partial charge in [0.15, 0.2) is 11.9 Å². The summed E-state index contributed by atoms with van der Waals surface area (Å²) in [7, 11) is 1.98. The second kappa shape index (κ2) is 45.7. The predicted octanol–water partition coefficient (Wildman–Crippen LogP) is -1.92. The van der Waals surface area contributed by atoms with Crippen LogP contribution in [0.3, 0.4) is 0 Å². The Bertz CT molecular complexity index is 2790. The minimum Gasteiger partial charge on any atom is -0.480 e. The number of rotatable bonds is 47. The molecular formula is C64H104N18O14S2. The molecular weight excluding hydrogens is 1310 g/mol. The van der Waals surface area contributed by atoms with Crippen molar-refractivity contribution in [3.63, 3.8) is 0 Å². The third-order valence-corrected chi connectivity index (χ3v) is 17.8. The summed E-state index contributed by atoms with van der Waals surface area (Å²) in [5.41, 5.74) is 36.0. The highest BCUT2D eigenvalue weighted by Crippen LogP contribution is 2.24. The number of carbonyl (C=O) groups excluding carboxylic acids is 10. The maximum absolute atomic E-state index is 14.5. The second-order valence-electron chi connectivity index (χ2n) is 24.7. The van der Waals surface area contributed by atoms with Crippen LogP contribution in [0.1, 0.15) is 118 Å². The molecule has 0 saturated carbocycles. The first-order valence-electron chi connectivity index (χ1n) is 32.6. The third-order valence-electron chi connectivity index (χ3n) is 15.4. The Balaban J connectivity index is 2.48. The summed E-state index contributed by atoms with van der Waals surface area (Å²) in [6, 6.07) is 4.76. The summed E-state index contributed by atoms with van der Waals surface area (Å²) in [6.07, 6.45) is 1.33. The van der Waals surface area contributed by atoms with E-state index >= 15 is 0 Å². The van der Waals surface area contributed by atoms with Gasteiger partial charge in [0.1, 0.15) is 48.3 Å². The van der Waals surface area contributed by atoms with Crippen LogP contribution in [0.5, 0.6) is 0 Å². The molecule has 10 amide bonds. The Kier molecular flexibility index (Phi) is 39.8. The summed E-state index contributed by atoms with van der Waals surface area (Å²) < 4.78 is 0. The topological polar surface area (TPSA) is 546 Å². The maximum Gasteiger partial charge on any atom is 0.326 e. The molecule has 0 radical (unpaired) electrons. The number of nitrogens with two attached hydrogens (primary N) is 6. The molecule has 2 aromatic rings. The van der Waals surface area contributed by atoms with Crippen LogP contribution in [-0.4, -0.2) is 191 Å². The van der Waals surface area contributed by atoms with Crippen LogP contribution in [0.4, 0.5) is 0 Å². The molecule has 0 heterocycles. The Morgan fingerprint density at radius 1 is 0.429 bits per heavy atom. The molecule has 0 aliphatic rings. The highest BCUT2D eigenvalue weighted by atomic mass is 33.1. The van der Waals surface area contributed by atoms with Gasteiger partial charge in [-0.3, -0.25) is 57.9 Å². The lowest BCUT2D eigenvalue weighted by molar-refractivity contribution is -0.143. The first kappa shape index (κ1) is 85.3. The minimum absolute atomic E-state index is 0.0226. The molecule has 0 bridgehead atoms. The third kappa shape index (κ3) is 34.0. The normalized spacial score (nSPS) is 14.8. The molecule has 32 nitrogen and oxygen atoms in total. The van der Waals surface area contributed by atoms with E-state index in [1.54, 1.807) is 116 Å². The average Bonchev–Trinajstić information content (AvgIpc) is 0.901. The van der Waals surface area contributed by atoms with Gasteiger partial charge in [0.25, 0.3) is 0 Å². The van der Waals surface area contributed by atoms with Gasteiger partial charge in [-0.15, -0.1) is 0 Å². The van der Waals surface area contributed by atoms with E-state index in [9.17, 15) is 67.7 Å². The number of aliphatic imine (C=N–C) groups is 2. The minimum atomic E-state index is -1.43. The van der Waals surface area contributed by atoms with Crippen LogP contribution in [-0.2, 0) is 70.4 Å². The molecule has 12 atom stereocenters. The first-order chi connectivity index (χ1) is 46.3. The molecule has 0 aliphatic heterocycles. The van der Waals surface area contributed by atoms with Gasteiger partial charge in [-0.1, -0.05) is 150 Å². The number of nitrogens with zero attached hydrogens (tertiary/aromatic N) is 2. The number of amides is 10. The van der Waals surface area contributed by atoms with Gasteiger partial charge < -0.3 is 97.8 Å². The zero-order chi connectivity index (χ0) is 73.6. The lowest BCUT2D eigenvalue weighted by Crippen LogP contribution is -2.59. The molecule has 2 aromatic carbocycles. The Labute approximate surface area is 580 Å². The van der Waals surface area contributed by atoms with Crippen LogP contribution < -0.4 is 87.6 Å². The molecule has 34 heteroatoms. The van der Waals surface area contributed by atoms with Crippen molar-refractivity contribution >= 4 is 105 Å². The van der Waals surface area contributed by atoms with Crippen molar-refractivity contribution in [3.8, 4) is 0 Å². The number of nitrogens with one attached hydrogen (secondary N) is 10. The van der Waals surface area contributed by atoms with E-state index in [1.807, 2.05) is 0 Å². The molecule has 0 aliphatic carbocycles. The van der Waals surface area contributed by atoms with Crippen LogP contribution >= 0.6 is 21.6 Å². The van der Waals surface area contributed by atoms with Crippen molar-refractivity contribution in [1.82, 2.24) is 53.2 Å². The fourth-order valence-electron chi connectivity index (χ4n) is 9.51. The Hall–Kier alpha value is -8.76. The number of carbonyl (C=O) groups is 12. The van der Waals surface area contributed by atoms with Gasteiger partial charge >= 0.3 is 11.9 Å². The van der Waals surface area contributed by atoms with Gasteiger partial charge in [-0.05, 0) is 86.2 Å². The van der Waals surface area contributed by atoms with Crippen LogP contribution in [0.2, 0.25) is 0 Å². The number of aliphatic carboxylic acids is 2. The fraction of sp³-hybridized carbons (Fsp3) is 0.594. The number of carboxylic acids is 2. The Morgan fingerprint density at radius 3 is 1.04 bits per heavy atom. The van der Waals surface area contributed by atoms with Crippen molar-refractivity contribution in [2.45, 2.75) is 180 Å². The maximum atomic E-state index is 14.5. The number of hydrogen-bond donors (Lipinski definition) is 18. The van der Waals surface area contributed by atoms with Crippen LogP contribution in [0.15, 0.2) is 70.6 Å². The summed E-state index contributed by atoms with van der Waals surface area (Å²) in [5, 5.41) is 45.4. The molecule has 0 aromatic heterocycles. The largest absolute Gasteiger partial charge is 0.480 e. The summed E-state index contributed by atoms with van der Waals surface area (Å²) >= 11 is 0. The van der Waals surface area contributed by atoms with E-state index in [0.717, 1.165) is 32.7 Å². The quantitative estimate of drug-likeness (QED) is 0.0149. The molecule has 546 valence electrons. The monoisotopic (exact) mass is 1410 g/mol. The molecule has 24 N–H and O–H groups in total. The van der Waals surface area contributed by atoms with Crippen molar-refractivity contribution in [2.75, 3.05) is 37.7 Å². The van der Waals surface area contributed by atoms with Crippen LogP contribution in [0.25, 0.3) is 0 Å². The fourth-order valence-corrected chi connectivity index (χ4v) is 11.8. The van der Waals surface area contributed by atoms with Gasteiger partial charge in [-0.2, -0.15) is 0 Å². The lowest BCUT2D eigenvalue weighted by atomic mass is 9.98. The van der Waals surface area contributed by atoms with E-state index in [0.29, 0.717) is 12.8 Å². The zero-order valence-electron chi connectivity index (χ0n) is 57.1. The second-order valence-corrected chi connectivity index (χ2v) is 27.2.